The first-order chi connectivity index (χ1) is 21.7. The lowest BCUT2D eigenvalue weighted by atomic mass is 10.1. The zero-order valence-electron chi connectivity index (χ0n) is 27.7. The molecule has 0 unspecified atom stereocenters. The first-order valence-electron chi connectivity index (χ1n) is 17.2. The summed E-state index contributed by atoms with van der Waals surface area (Å²) in [6, 6.07) is 19.0. The Morgan fingerprint density at radius 1 is 0.500 bits per heavy atom. The highest BCUT2D eigenvalue weighted by molar-refractivity contribution is 5.25. The van der Waals surface area contributed by atoms with Crippen LogP contribution in [0.3, 0.4) is 0 Å². The van der Waals surface area contributed by atoms with Crippen LogP contribution < -0.4 is 31.9 Å². The molecular weight excluding hydrogens is 546 g/mol. The summed E-state index contributed by atoms with van der Waals surface area (Å²) in [6.45, 7) is 25.2. The summed E-state index contributed by atoms with van der Waals surface area (Å²) in [5.41, 5.74) is 5.62. The maximum Gasteiger partial charge on any atom is 0.0240 e. The molecule has 0 amide bonds. The van der Waals surface area contributed by atoms with Gasteiger partial charge in [-0.3, -0.25) is 14.7 Å². The summed E-state index contributed by atoms with van der Waals surface area (Å²) in [5.74, 6) is 0. The quantitative estimate of drug-likeness (QED) is 0.253. The molecule has 0 radical (unpaired) electrons. The number of nitrogens with one attached hydrogen (secondary N) is 6. The standard InChI is InChI=1S/C35H61N9/c1-31(2)44(29-34-7-3-5-32(25-34)27-42-21-17-38-13-9-36-10-14-39-18-22-42)30-35-8-4-6-33(26-35)28-43-23-19-40-15-11-37-12-16-41-20-24-43/h3-8,25-26,31,36-41H,9-24,27-30H2,1-2H3. The Hall–Kier alpha value is -1.92. The summed E-state index contributed by atoms with van der Waals surface area (Å²) in [6.07, 6.45) is 0. The van der Waals surface area contributed by atoms with E-state index in [1.807, 2.05) is 0 Å². The van der Waals surface area contributed by atoms with Gasteiger partial charge < -0.3 is 31.9 Å². The van der Waals surface area contributed by atoms with Crippen LogP contribution in [-0.2, 0) is 26.2 Å². The van der Waals surface area contributed by atoms with Crippen molar-refractivity contribution in [1.82, 2.24) is 46.6 Å². The molecule has 44 heavy (non-hydrogen) atoms. The lowest BCUT2D eigenvalue weighted by molar-refractivity contribution is 0.203. The zero-order chi connectivity index (χ0) is 30.7. The van der Waals surface area contributed by atoms with E-state index in [9.17, 15) is 0 Å². The highest BCUT2D eigenvalue weighted by Crippen LogP contribution is 2.17. The molecule has 4 rings (SSSR count). The average molecular weight is 608 g/mol. The molecular formula is C35H61N9. The Morgan fingerprint density at radius 2 is 0.818 bits per heavy atom. The van der Waals surface area contributed by atoms with Crippen molar-refractivity contribution < 1.29 is 0 Å². The number of nitrogens with zero attached hydrogens (tertiary/aromatic N) is 3. The second-order valence-electron chi connectivity index (χ2n) is 12.7. The van der Waals surface area contributed by atoms with E-state index in [1.165, 1.54) is 22.3 Å². The molecule has 2 aromatic carbocycles. The maximum absolute atomic E-state index is 3.59. The third-order valence-corrected chi connectivity index (χ3v) is 8.63. The minimum atomic E-state index is 0.464. The van der Waals surface area contributed by atoms with Crippen LogP contribution >= 0.6 is 0 Å². The van der Waals surface area contributed by atoms with Crippen molar-refractivity contribution in [3.8, 4) is 0 Å². The van der Waals surface area contributed by atoms with E-state index in [4.69, 9.17) is 0 Å². The first kappa shape index (κ1) is 34.9. The van der Waals surface area contributed by atoms with Crippen LogP contribution in [0.5, 0.6) is 0 Å². The molecule has 0 spiro atoms. The average Bonchev–Trinajstić information content (AvgIpc) is 3.00. The third-order valence-electron chi connectivity index (χ3n) is 8.63. The van der Waals surface area contributed by atoms with Crippen LogP contribution in [0.1, 0.15) is 36.1 Å². The molecule has 2 saturated heterocycles. The predicted octanol–water partition coefficient (Wildman–Crippen LogP) is 1.27. The predicted molar refractivity (Wildman–Crippen MR) is 185 cm³/mol. The second kappa shape index (κ2) is 21.0. The van der Waals surface area contributed by atoms with Crippen LogP contribution in [0, 0.1) is 0 Å². The van der Waals surface area contributed by atoms with E-state index in [0.29, 0.717) is 6.04 Å². The molecule has 6 N–H and O–H groups in total. The SMILES string of the molecule is CC(C)N(Cc1cccc(CN2CCNCCNCCNCC2)c1)Cc1cccc(CN2CCNCCNCCNCC2)c1. The Kier molecular flexibility index (Phi) is 16.7. The topological polar surface area (TPSA) is 81.9 Å². The van der Waals surface area contributed by atoms with Gasteiger partial charge in [0.2, 0.25) is 0 Å². The van der Waals surface area contributed by atoms with Gasteiger partial charge in [0.05, 0.1) is 0 Å². The lowest BCUT2D eigenvalue weighted by Crippen LogP contribution is -2.41. The molecule has 2 aliphatic rings. The number of hydrogen-bond acceptors (Lipinski definition) is 9. The van der Waals surface area contributed by atoms with Gasteiger partial charge in [0.25, 0.3) is 0 Å². The van der Waals surface area contributed by atoms with Gasteiger partial charge in [-0.15, -0.1) is 0 Å². The molecule has 0 saturated carbocycles. The Morgan fingerprint density at radius 3 is 1.16 bits per heavy atom. The normalized spacial score (nSPS) is 20.0. The molecule has 0 aliphatic carbocycles. The fourth-order valence-electron chi connectivity index (χ4n) is 6.00. The summed E-state index contributed by atoms with van der Waals surface area (Å²) in [4.78, 5) is 7.78. The van der Waals surface area contributed by atoms with Crippen molar-refractivity contribution in [1.29, 1.82) is 0 Å². The Labute approximate surface area is 267 Å². The van der Waals surface area contributed by atoms with E-state index in [0.717, 1.165) is 131 Å². The fourth-order valence-corrected chi connectivity index (χ4v) is 6.00. The molecule has 2 aliphatic heterocycles. The molecule has 9 heteroatoms. The van der Waals surface area contributed by atoms with Crippen LogP contribution in [-0.4, -0.2) is 125 Å². The summed E-state index contributed by atoms with van der Waals surface area (Å²) in [5, 5.41) is 21.3. The van der Waals surface area contributed by atoms with Gasteiger partial charge in [-0.05, 0) is 36.1 Å². The molecule has 2 fully saturated rings. The van der Waals surface area contributed by atoms with Gasteiger partial charge in [0.1, 0.15) is 0 Å². The van der Waals surface area contributed by atoms with Crippen molar-refractivity contribution in [2.24, 2.45) is 0 Å². The van der Waals surface area contributed by atoms with E-state index in [1.54, 1.807) is 0 Å². The lowest BCUT2D eigenvalue weighted by Gasteiger charge is -2.28. The van der Waals surface area contributed by atoms with E-state index < -0.39 is 0 Å². The second-order valence-corrected chi connectivity index (χ2v) is 12.7. The van der Waals surface area contributed by atoms with Gasteiger partial charge in [0.15, 0.2) is 0 Å². The highest BCUT2D eigenvalue weighted by Gasteiger charge is 2.14. The molecule has 0 aromatic heterocycles. The van der Waals surface area contributed by atoms with Crippen molar-refractivity contribution in [2.45, 2.75) is 46.1 Å². The van der Waals surface area contributed by atoms with Gasteiger partial charge in [0, 0.05) is 137 Å². The molecule has 2 aromatic rings. The first-order valence-corrected chi connectivity index (χ1v) is 17.2. The number of benzene rings is 2. The molecule has 2 heterocycles. The number of hydrogen-bond donors (Lipinski definition) is 6. The molecule has 0 bridgehead atoms. The monoisotopic (exact) mass is 608 g/mol. The third kappa shape index (κ3) is 14.0. The van der Waals surface area contributed by atoms with Gasteiger partial charge in [-0.25, -0.2) is 0 Å². The van der Waals surface area contributed by atoms with E-state index in [2.05, 4.69) is 109 Å². The zero-order valence-corrected chi connectivity index (χ0v) is 27.7. The smallest absolute Gasteiger partial charge is 0.0240 e. The molecule has 246 valence electrons. The molecule has 0 atom stereocenters. The largest absolute Gasteiger partial charge is 0.314 e. The maximum atomic E-state index is 3.59. The van der Waals surface area contributed by atoms with Crippen molar-refractivity contribution in [2.75, 3.05) is 105 Å². The number of rotatable bonds is 9. The van der Waals surface area contributed by atoms with Gasteiger partial charge >= 0.3 is 0 Å². The van der Waals surface area contributed by atoms with Crippen LogP contribution in [0.4, 0.5) is 0 Å². The van der Waals surface area contributed by atoms with Crippen molar-refractivity contribution >= 4 is 0 Å². The minimum Gasteiger partial charge on any atom is -0.314 e. The minimum absolute atomic E-state index is 0.464. The summed E-state index contributed by atoms with van der Waals surface area (Å²) < 4.78 is 0. The van der Waals surface area contributed by atoms with Gasteiger partial charge in [-0.2, -0.15) is 0 Å². The summed E-state index contributed by atoms with van der Waals surface area (Å²) >= 11 is 0. The van der Waals surface area contributed by atoms with Crippen molar-refractivity contribution in [3.63, 3.8) is 0 Å². The molecule has 9 nitrogen and oxygen atoms in total. The van der Waals surface area contributed by atoms with Crippen LogP contribution in [0.2, 0.25) is 0 Å². The Balaban J connectivity index is 1.33. The van der Waals surface area contributed by atoms with E-state index >= 15 is 0 Å². The van der Waals surface area contributed by atoms with Gasteiger partial charge in [-0.1, -0.05) is 48.5 Å². The van der Waals surface area contributed by atoms with Crippen LogP contribution in [0.25, 0.3) is 0 Å². The van der Waals surface area contributed by atoms with E-state index in [-0.39, 0.29) is 0 Å². The van der Waals surface area contributed by atoms with Crippen LogP contribution in [0.15, 0.2) is 48.5 Å². The Bertz CT molecular complexity index is 931. The highest BCUT2D eigenvalue weighted by atomic mass is 15.2. The summed E-state index contributed by atoms with van der Waals surface area (Å²) in [7, 11) is 0. The fraction of sp³-hybridized carbons (Fsp3) is 0.657. The van der Waals surface area contributed by atoms with Crippen molar-refractivity contribution in [3.05, 3.63) is 70.8 Å².